The summed E-state index contributed by atoms with van der Waals surface area (Å²) in [6.45, 7) is 9.18. The van der Waals surface area contributed by atoms with Crippen molar-refractivity contribution in [3.63, 3.8) is 0 Å². The molecule has 3 rings (SSSR count). The van der Waals surface area contributed by atoms with Crippen LogP contribution in [0.25, 0.3) is 0 Å². The Balaban J connectivity index is 1.69. The summed E-state index contributed by atoms with van der Waals surface area (Å²) in [5, 5.41) is 11.0. The van der Waals surface area contributed by atoms with Crippen molar-refractivity contribution >= 4 is 22.9 Å². The second-order valence-electron chi connectivity index (χ2n) is 7.08. The molecule has 8 heteroatoms. The Bertz CT molecular complexity index is 652. The smallest absolute Gasteiger partial charge is 0.283 e. The Morgan fingerprint density at radius 1 is 1.40 bits per heavy atom. The van der Waals surface area contributed by atoms with E-state index in [1.165, 1.54) is 17.4 Å². The summed E-state index contributed by atoms with van der Waals surface area (Å²) in [4.78, 5) is 28.8. The number of hydrogen-bond donors (Lipinski definition) is 0. The summed E-state index contributed by atoms with van der Waals surface area (Å²) in [5.74, 6) is -0.0712. The number of rotatable bonds is 4. The highest BCUT2D eigenvalue weighted by Crippen LogP contribution is 2.31. The van der Waals surface area contributed by atoms with Gasteiger partial charge in [0.05, 0.1) is 26.9 Å². The van der Waals surface area contributed by atoms with Crippen LogP contribution in [0.1, 0.15) is 41.2 Å². The largest absolute Gasteiger partial charge is 0.373 e. The number of amides is 1. The molecule has 138 valence electrons. The molecular weight excluding hydrogens is 342 g/mol. The van der Waals surface area contributed by atoms with Crippen molar-refractivity contribution in [2.75, 3.05) is 26.2 Å². The molecule has 0 N–H and O–H groups in total. The van der Waals surface area contributed by atoms with E-state index in [0.29, 0.717) is 9.75 Å². The minimum atomic E-state index is -0.416. The minimum absolute atomic E-state index is 0.0416. The zero-order valence-corrected chi connectivity index (χ0v) is 15.8. The average molecular weight is 367 g/mol. The minimum Gasteiger partial charge on any atom is -0.373 e. The van der Waals surface area contributed by atoms with Gasteiger partial charge < -0.3 is 9.64 Å². The van der Waals surface area contributed by atoms with Crippen LogP contribution in [0.3, 0.4) is 0 Å². The van der Waals surface area contributed by atoms with E-state index in [1.54, 1.807) is 6.92 Å². The molecule has 2 fully saturated rings. The second-order valence-corrected chi connectivity index (χ2v) is 8.34. The lowest BCUT2D eigenvalue weighted by molar-refractivity contribution is -0.385. The van der Waals surface area contributed by atoms with Crippen LogP contribution in [0.5, 0.6) is 0 Å². The van der Waals surface area contributed by atoms with Crippen molar-refractivity contribution in [1.29, 1.82) is 0 Å². The van der Waals surface area contributed by atoms with Crippen molar-refractivity contribution in [1.82, 2.24) is 9.80 Å². The van der Waals surface area contributed by atoms with Gasteiger partial charge in [0.2, 0.25) is 0 Å². The van der Waals surface area contributed by atoms with Gasteiger partial charge in [0.1, 0.15) is 0 Å². The van der Waals surface area contributed by atoms with Gasteiger partial charge >= 0.3 is 0 Å². The fourth-order valence-corrected chi connectivity index (χ4v) is 4.87. The van der Waals surface area contributed by atoms with Gasteiger partial charge in [-0.3, -0.25) is 19.8 Å². The maximum absolute atomic E-state index is 12.9. The Kier molecular flexibility index (Phi) is 5.41. The Morgan fingerprint density at radius 2 is 2.08 bits per heavy atom. The molecule has 2 aliphatic heterocycles. The number of nitro groups is 1. The van der Waals surface area contributed by atoms with Crippen molar-refractivity contribution in [2.45, 2.75) is 51.9 Å². The van der Waals surface area contributed by atoms with Gasteiger partial charge in [0, 0.05) is 38.3 Å². The Labute approximate surface area is 151 Å². The lowest BCUT2D eigenvalue weighted by Gasteiger charge is -2.38. The lowest BCUT2D eigenvalue weighted by atomic mass is 10.1. The van der Waals surface area contributed by atoms with E-state index in [9.17, 15) is 14.9 Å². The molecule has 0 saturated carbocycles. The monoisotopic (exact) mass is 367 g/mol. The van der Waals surface area contributed by atoms with Crippen LogP contribution in [0, 0.1) is 17.0 Å². The number of aryl methyl sites for hydroxylation is 1. The first-order valence-corrected chi connectivity index (χ1v) is 9.60. The quantitative estimate of drug-likeness (QED) is 0.604. The summed E-state index contributed by atoms with van der Waals surface area (Å²) in [6, 6.07) is 1.60. The molecule has 0 radical (unpaired) electrons. The standard InChI is InChI=1S/C17H25N3O4S/c1-11-8-18(9-12(2)24-11)10-14-5-4-6-19(14)17(21)16-7-15(20(22)23)13(3)25-16/h7,11-12,14H,4-6,8-10H2,1-3H3. The molecule has 0 aliphatic carbocycles. The summed E-state index contributed by atoms with van der Waals surface area (Å²) in [5.41, 5.74) is 0.0416. The molecule has 1 aromatic rings. The van der Waals surface area contributed by atoms with Gasteiger partial charge in [-0.2, -0.15) is 0 Å². The fraction of sp³-hybridized carbons (Fsp3) is 0.706. The van der Waals surface area contributed by atoms with Gasteiger partial charge in [0.15, 0.2) is 0 Å². The summed E-state index contributed by atoms with van der Waals surface area (Å²) >= 11 is 1.22. The van der Waals surface area contributed by atoms with Crippen LogP contribution in [-0.2, 0) is 4.74 Å². The molecule has 3 heterocycles. The van der Waals surface area contributed by atoms with Crippen LogP contribution < -0.4 is 0 Å². The third-order valence-electron chi connectivity index (χ3n) is 4.90. The predicted molar refractivity (Wildman–Crippen MR) is 96.2 cm³/mol. The van der Waals surface area contributed by atoms with Crippen LogP contribution in [0.2, 0.25) is 0 Å². The lowest BCUT2D eigenvalue weighted by Crippen LogP contribution is -2.50. The molecule has 3 atom stereocenters. The second kappa shape index (κ2) is 7.39. The molecule has 2 aliphatic rings. The SMILES string of the molecule is Cc1sc(C(=O)N2CCCC2CN2CC(C)OC(C)C2)cc1[N+](=O)[O-]. The molecule has 0 bridgehead atoms. The van der Waals surface area contributed by atoms with Crippen molar-refractivity contribution in [3.05, 3.63) is 25.9 Å². The number of carbonyl (C=O) groups is 1. The van der Waals surface area contributed by atoms with E-state index in [4.69, 9.17) is 4.74 Å². The molecule has 2 saturated heterocycles. The highest BCUT2D eigenvalue weighted by atomic mass is 32.1. The zero-order valence-electron chi connectivity index (χ0n) is 14.9. The maximum Gasteiger partial charge on any atom is 0.283 e. The number of ether oxygens (including phenoxy) is 1. The van der Waals surface area contributed by atoms with Crippen molar-refractivity contribution in [3.8, 4) is 0 Å². The normalized spacial score (nSPS) is 27.6. The topological polar surface area (TPSA) is 75.9 Å². The highest BCUT2D eigenvalue weighted by Gasteiger charge is 2.34. The van der Waals surface area contributed by atoms with Gasteiger partial charge in [-0.1, -0.05) is 0 Å². The van der Waals surface area contributed by atoms with E-state index >= 15 is 0 Å². The number of thiophene rings is 1. The van der Waals surface area contributed by atoms with Crippen LogP contribution in [0.15, 0.2) is 6.07 Å². The van der Waals surface area contributed by atoms with E-state index < -0.39 is 4.92 Å². The van der Waals surface area contributed by atoms with Gasteiger partial charge in [-0.15, -0.1) is 11.3 Å². The molecular formula is C17H25N3O4S. The first kappa shape index (κ1) is 18.3. The Hall–Kier alpha value is -1.51. The average Bonchev–Trinajstić information content (AvgIpc) is 3.12. The first-order chi connectivity index (χ1) is 11.8. The highest BCUT2D eigenvalue weighted by molar-refractivity contribution is 7.14. The van der Waals surface area contributed by atoms with Crippen LogP contribution >= 0.6 is 11.3 Å². The van der Waals surface area contributed by atoms with Crippen LogP contribution in [0.4, 0.5) is 5.69 Å². The molecule has 7 nitrogen and oxygen atoms in total. The number of hydrogen-bond acceptors (Lipinski definition) is 6. The fourth-order valence-electron chi connectivity index (χ4n) is 3.93. The van der Waals surface area contributed by atoms with E-state index in [-0.39, 0.29) is 29.8 Å². The van der Waals surface area contributed by atoms with E-state index in [0.717, 1.165) is 39.0 Å². The van der Waals surface area contributed by atoms with Crippen molar-refractivity contribution < 1.29 is 14.5 Å². The molecule has 25 heavy (non-hydrogen) atoms. The molecule has 0 spiro atoms. The molecule has 3 unspecified atom stereocenters. The van der Waals surface area contributed by atoms with E-state index in [2.05, 4.69) is 18.7 Å². The maximum atomic E-state index is 12.9. The predicted octanol–water partition coefficient (Wildman–Crippen LogP) is 2.68. The molecule has 1 amide bonds. The molecule has 1 aromatic heterocycles. The summed E-state index contributed by atoms with van der Waals surface area (Å²) in [6.07, 6.45) is 2.38. The third-order valence-corrected chi connectivity index (χ3v) is 5.93. The number of nitrogens with zero attached hydrogens (tertiary/aromatic N) is 3. The summed E-state index contributed by atoms with van der Waals surface area (Å²) in [7, 11) is 0. The number of likely N-dealkylation sites (tertiary alicyclic amines) is 1. The number of morpholine rings is 1. The van der Waals surface area contributed by atoms with Gasteiger partial charge in [-0.05, 0) is 33.6 Å². The first-order valence-electron chi connectivity index (χ1n) is 8.78. The number of carbonyl (C=O) groups excluding carboxylic acids is 1. The van der Waals surface area contributed by atoms with Gasteiger partial charge in [0.25, 0.3) is 11.6 Å². The van der Waals surface area contributed by atoms with Crippen LogP contribution in [-0.4, -0.2) is 65.1 Å². The molecule has 0 aromatic carbocycles. The Morgan fingerprint density at radius 3 is 2.68 bits per heavy atom. The van der Waals surface area contributed by atoms with E-state index in [1.807, 2.05) is 4.90 Å². The third kappa shape index (κ3) is 4.02. The van der Waals surface area contributed by atoms with Crippen molar-refractivity contribution in [2.24, 2.45) is 0 Å². The zero-order chi connectivity index (χ0) is 18.1. The van der Waals surface area contributed by atoms with Gasteiger partial charge in [-0.25, -0.2) is 0 Å². The summed E-state index contributed by atoms with van der Waals surface area (Å²) < 4.78 is 5.78.